The van der Waals surface area contributed by atoms with E-state index >= 15 is 0 Å². The fourth-order valence-corrected chi connectivity index (χ4v) is 2.86. The fourth-order valence-electron chi connectivity index (χ4n) is 2.86. The van der Waals surface area contributed by atoms with Gasteiger partial charge >= 0.3 is 0 Å². The standard InChI is InChI=1S/C19H15N3O2/c23-11-13-6-8-14(9-7-13)16-10-22(15-4-2-1-3-5-15)18-17(16)20-12-21-19(18)24/h1-10,12,23H,11H2,(H,20,21,24). The lowest BCUT2D eigenvalue weighted by molar-refractivity contribution is 0.282. The van der Waals surface area contributed by atoms with E-state index in [0.717, 1.165) is 22.4 Å². The first kappa shape index (κ1) is 14.4. The van der Waals surface area contributed by atoms with Crippen LogP contribution in [-0.2, 0) is 6.61 Å². The van der Waals surface area contributed by atoms with Crippen LogP contribution in [0.15, 0.2) is 71.9 Å². The molecule has 0 saturated carbocycles. The Morgan fingerprint density at radius 2 is 1.79 bits per heavy atom. The SMILES string of the molecule is O=c1[nH]cnc2c(-c3ccc(CO)cc3)cn(-c3ccccc3)c12. The normalized spacial score (nSPS) is 11.0. The molecule has 0 radical (unpaired) electrons. The van der Waals surface area contributed by atoms with Crippen LogP contribution in [0.5, 0.6) is 0 Å². The van der Waals surface area contributed by atoms with Gasteiger partial charge < -0.3 is 14.7 Å². The lowest BCUT2D eigenvalue weighted by Crippen LogP contribution is -2.09. The van der Waals surface area contributed by atoms with Gasteiger partial charge in [-0.3, -0.25) is 4.79 Å². The summed E-state index contributed by atoms with van der Waals surface area (Å²) in [6.45, 7) is 0.00394. The Labute approximate surface area is 137 Å². The van der Waals surface area contributed by atoms with Crippen LogP contribution >= 0.6 is 0 Å². The zero-order valence-corrected chi connectivity index (χ0v) is 12.8. The van der Waals surface area contributed by atoms with Crippen LogP contribution in [0.3, 0.4) is 0 Å². The molecular formula is C19H15N3O2. The van der Waals surface area contributed by atoms with Crippen molar-refractivity contribution in [1.82, 2.24) is 14.5 Å². The summed E-state index contributed by atoms with van der Waals surface area (Å²) < 4.78 is 1.86. The highest BCUT2D eigenvalue weighted by molar-refractivity contribution is 5.93. The molecule has 2 aromatic heterocycles. The van der Waals surface area contributed by atoms with Gasteiger partial charge in [-0.25, -0.2) is 4.98 Å². The lowest BCUT2D eigenvalue weighted by Gasteiger charge is -2.03. The van der Waals surface area contributed by atoms with Crippen molar-refractivity contribution >= 4 is 11.0 Å². The molecule has 0 atom stereocenters. The predicted molar refractivity (Wildman–Crippen MR) is 93.0 cm³/mol. The Hall–Kier alpha value is -3.18. The number of fused-ring (bicyclic) bond motifs is 1. The molecule has 2 N–H and O–H groups in total. The molecule has 5 nitrogen and oxygen atoms in total. The molecule has 2 aromatic carbocycles. The zero-order chi connectivity index (χ0) is 16.5. The van der Waals surface area contributed by atoms with Gasteiger partial charge in [-0.1, -0.05) is 42.5 Å². The smallest absolute Gasteiger partial charge is 0.275 e. The largest absolute Gasteiger partial charge is 0.392 e. The molecule has 0 spiro atoms. The van der Waals surface area contributed by atoms with E-state index in [9.17, 15) is 9.90 Å². The van der Waals surface area contributed by atoms with Crippen LogP contribution in [0.2, 0.25) is 0 Å². The van der Waals surface area contributed by atoms with Crippen LogP contribution in [-0.4, -0.2) is 19.6 Å². The molecule has 0 saturated heterocycles. The molecule has 118 valence electrons. The molecule has 0 fully saturated rings. The van der Waals surface area contributed by atoms with Gasteiger partial charge in [0.1, 0.15) is 11.0 Å². The van der Waals surface area contributed by atoms with E-state index in [4.69, 9.17) is 0 Å². The van der Waals surface area contributed by atoms with Crippen LogP contribution in [0, 0.1) is 0 Å². The van der Waals surface area contributed by atoms with E-state index in [1.165, 1.54) is 6.33 Å². The Balaban J connectivity index is 2.00. The monoisotopic (exact) mass is 317 g/mol. The van der Waals surface area contributed by atoms with E-state index in [-0.39, 0.29) is 12.2 Å². The molecule has 4 aromatic rings. The van der Waals surface area contributed by atoms with Crippen LogP contribution in [0.1, 0.15) is 5.56 Å². The van der Waals surface area contributed by atoms with Gasteiger partial charge in [0.2, 0.25) is 0 Å². The number of para-hydroxylation sites is 1. The van der Waals surface area contributed by atoms with Gasteiger partial charge in [0.25, 0.3) is 5.56 Å². The summed E-state index contributed by atoms with van der Waals surface area (Å²) in [6, 6.07) is 17.3. The summed E-state index contributed by atoms with van der Waals surface area (Å²) in [5.74, 6) is 0. The first-order chi connectivity index (χ1) is 11.8. The molecule has 0 bridgehead atoms. The first-order valence-corrected chi connectivity index (χ1v) is 7.62. The van der Waals surface area contributed by atoms with Crippen molar-refractivity contribution in [3.8, 4) is 16.8 Å². The molecular weight excluding hydrogens is 302 g/mol. The average Bonchev–Trinajstić information content (AvgIpc) is 3.04. The van der Waals surface area contributed by atoms with Gasteiger partial charge in [0, 0.05) is 17.4 Å². The molecule has 5 heteroatoms. The van der Waals surface area contributed by atoms with Crippen molar-refractivity contribution in [2.24, 2.45) is 0 Å². The van der Waals surface area contributed by atoms with Crippen molar-refractivity contribution in [3.05, 3.63) is 83.0 Å². The minimum Gasteiger partial charge on any atom is -0.392 e. The van der Waals surface area contributed by atoms with Crippen molar-refractivity contribution < 1.29 is 5.11 Å². The number of nitrogens with one attached hydrogen (secondary N) is 1. The third kappa shape index (κ3) is 2.31. The van der Waals surface area contributed by atoms with E-state index in [0.29, 0.717) is 11.0 Å². The van der Waals surface area contributed by atoms with E-state index in [1.54, 1.807) is 0 Å². The van der Waals surface area contributed by atoms with Gasteiger partial charge in [0.15, 0.2) is 0 Å². The average molecular weight is 317 g/mol. The first-order valence-electron chi connectivity index (χ1n) is 7.62. The Bertz CT molecular complexity index is 1050. The number of aromatic amines is 1. The molecule has 0 unspecified atom stereocenters. The molecule has 0 aliphatic rings. The third-order valence-electron chi connectivity index (χ3n) is 4.06. The lowest BCUT2D eigenvalue weighted by atomic mass is 10.1. The van der Waals surface area contributed by atoms with Crippen LogP contribution in [0.25, 0.3) is 27.8 Å². The summed E-state index contributed by atoms with van der Waals surface area (Å²) in [5, 5.41) is 9.20. The maximum Gasteiger partial charge on any atom is 0.275 e. The summed E-state index contributed by atoms with van der Waals surface area (Å²) in [6.07, 6.45) is 3.35. The van der Waals surface area contributed by atoms with E-state index < -0.39 is 0 Å². The molecule has 0 aliphatic carbocycles. The minimum atomic E-state index is -0.179. The minimum absolute atomic E-state index is 0.00394. The number of rotatable bonds is 3. The van der Waals surface area contributed by atoms with Crippen molar-refractivity contribution in [2.75, 3.05) is 0 Å². The summed E-state index contributed by atoms with van der Waals surface area (Å²) in [5.41, 5.74) is 4.57. The molecule has 24 heavy (non-hydrogen) atoms. The van der Waals surface area contributed by atoms with Gasteiger partial charge in [0.05, 0.1) is 12.9 Å². The molecule has 0 aliphatic heterocycles. The number of aromatic nitrogens is 3. The van der Waals surface area contributed by atoms with Crippen LogP contribution in [0.4, 0.5) is 0 Å². The van der Waals surface area contributed by atoms with E-state index in [2.05, 4.69) is 9.97 Å². The number of benzene rings is 2. The highest BCUT2D eigenvalue weighted by atomic mass is 16.3. The zero-order valence-electron chi connectivity index (χ0n) is 12.8. The highest BCUT2D eigenvalue weighted by Gasteiger charge is 2.15. The number of aliphatic hydroxyl groups is 1. The highest BCUT2D eigenvalue weighted by Crippen LogP contribution is 2.29. The molecule has 4 rings (SSSR count). The maximum absolute atomic E-state index is 12.4. The Morgan fingerprint density at radius 3 is 2.50 bits per heavy atom. The second-order valence-electron chi connectivity index (χ2n) is 5.53. The maximum atomic E-state index is 12.4. The number of hydrogen-bond donors (Lipinski definition) is 2. The molecule has 2 heterocycles. The van der Waals surface area contributed by atoms with Gasteiger partial charge in [-0.05, 0) is 23.3 Å². The number of aliphatic hydroxyl groups excluding tert-OH is 1. The Morgan fingerprint density at radius 1 is 1.04 bits per heavy atom. The summed E-state index contributed by atoms with van der Waals surface area (Å²) >= 11 is 0. The van der Waals surface area contributed by atoms with Crippen molar-refractivity contribution in [3.63, 3.8) is 0 Å². The second-order valence-corrected chi connectivity index (χ2v) is 5.53. The van der Waals surface area contributed by atoms with Crippen molar-refractivity contribution in [1.29, 1.82) is 0 Å². The predicted octanol–water partition coefficient (Wildman–Crippen LogP) is 2.87. The second kappa shape index (κ2) is 5.79. The quantitative estimate of drug-likeness (QED) is 0.610. The van der Waals surface area contributed by atoms with Gasteiger partial charge in [-0.2, -0.15) is 0 Å². The summed E-state index contributed by atoms with van der Waals surface area (Å²) in [7, 11) is 0. The number of H-pyrrole nitrogens is 1. The number of nitrogens with zero attached hydrogens (tertiary/aromatic N) is 2. The fraction of sp³-hybridized carbons (Fsp3) is 0.0526. The van der Waals surface area contributed by atoms with E-state index in [1.807, 2.05) is 65.4 Å². The van der Waals surface area contributed by atoms with Crippen molar-refractivity contribution in [2.45, 2.75) is 6.61 Å². The number of hydrogen-bond acceptors (Lipinski definition) is 3. The molecule has 0 amide bonds. The Kier molecular flexibility index (Phi) is 3.48. The topological polar surface area (TPSA) is 70.9 Å². The van der Waals surface area contributed by atoms with Crippen LogP contribution < -0.4 is 5.56 Å². The third-order valence-corrected chi connectivity index (χ3v) is 4.06. The van der Waals surface area contributed by atoms with Gasteiger partial charge in [-0.15, -0.1) is 0 Å². The summed E-state index contributed by atoms with van der Waals surface area (Å²) in [4.78, 5) is 19.4.